The van der Waals surface area contributed by atoms with E-state index >= 15 is 0 Å². The molecule has 35 valence electrons. The molecule has 0 aliphatic carbocycles. The Labute approximate surface area is 49.1 Å². The van der Waals surface area contributed by atoms with Crippen molar-refractivity contribution in [2.45, 2.75) is 13.3 Å². The minimum atomic E-state index is 0. The average molecular weight is 124 g/mol. The Morgan fingerprint density at radius 3 is 2.00 bits per heavy atom. The van der Waals surface area contributed by atoms with Crippen molar-refractivity contribution in [3.05, 3.63) is 12.3 Å². The van der Waals surface area contributed by atoms with E-state index in [2.05, 4.69) is 6.92 Å². The molecule has 2 heteroatoms. The van der Waals surface area contributed by atoms with E-state index in [0.717, 1.165) is 0 Å². The van der Waals surface area contributed by atoms with E-state index in [1.165, 1.54) is 0 Å². The number of hydrogen-bond acceptors (Lipinski definition) is 0. The normalized spacial score (nSPS) is 6.33. The van der Waals surface area contributed by atoms with Crippen LogP contribution in [0.25, 0.3) is 5.41 Å². The van der Waals surface area contributed by atoms with Crippen molar-refractivity contribution in [3.8, 4) is 0 Å². The topological polar surface area (TPSA) is 22.3 Å². The molecule has 0 fully saturated rings. The van der Waals surface area contributed by atoms with Crippen molar-refractivity contribution in [1.29, 1.82) is 0 Å². The van der Waals surface area contributed by atoms with E-state index in [4.69, 9.17) is 5.41 Å². The predicted molar refractivity (Wildman–Crippen MR) is 24.0 cm³/mol. The molecule has 0 aromatic carbocycles. The summed E-state index contributed by atoms with van der Waals surface area (Å²) in [5.41, 5.74) is 0.394. The third-order valence-electron chi connectivity index (χ3n) is 0.362. The van der Waals surface area contributed by atoms with Crippen LogP contribution in [0.4, 0.5) is 0 Å². The number of rotatable bonds is 1. The maximum atomic E-state index is 8.22. The summed E-state index contributed by atoms with van der Waals surface area (Å²) in [4.78, 5) is 0. The van der Waals surface area contributed by atoms with Gasteiger partial charge in [-0.2, -0.15) is 6.42 Å². The van der Waals surface area contributed by atoms with Gasteiger partial charge in [0.2, 0.25) is 0 Å². The first-order valence-electron chi connectivity index (χ1n) is 1.58. The molecule has 0 bridgehead atoms. The molecular formula is C4H7MnN. The molecule has 0 amide bonds. The van der Waals surface area contributed by atoms with Crippen LogP contribution in [0.2, 0.25) is 0 Å². The maximum absolute atomic E-state index is 8.22. The minimum absolute atomic E-state index is 0. The van der Waals surface area contributed by atoms with Crippen LogP contribution in [0.3, 0.4) is 0 Å². The van der Waals surface area contributed by atoms with Gasteiger partial charge in [-0.15, -0.1) is 0 Å². The van der Waals surface area contributed by atoms with Crippen molar-refractivity contribution in [3.63, 3.8) is 0 Å². The summed E-state index contributed by atoms with van der Waals surface area (Å²) in [6.45, 7) is 5.03. The Morgan fingerprint density at radius 2 is 2.00 bits per heavy atom. The molecule has 0 saturated heterocycles. The van der Waals surface area contributed by atoms with Gasteiger partial charge in [-0.25, -0.2) is 5.71 Å². The summed E-state index contributed by atoms with van der Waals surface area (Å²) in [7, 11) is 0. The summed E-state index contributed by atoms with van der Waals surface area (Å²) in [5.74, 6) is 0. The molecule has 0 aromatic rings. The van der Waals surface area contributed by atoms with Gasteiger partial charge >= 0.3 is 17.1 Å². The molecule has 0 unspecified atom stereocenters. The van der Waals surface area contributed by atoms with Gasteiger partial charge < -0.3 is 12.3 Å². The van der Waals surface area contributed by atoms with Crippen molar-refractivity contribution in [1.82, 2.24) is 0 Å². The molecule has 0 spiro atoms. The summed E-state index contributed by atoms with van der Waals surface area (Å²) < 4.78 is 0. The zero-order chi connectivity index (χ0) is 4.28. The van der Waals surface area contributed by atoms with Crippen molar-refractivity contribution < 1.29 is 17.1 Å². The third kappa shape index (κ3) is 8.89. The van der Waals surface area contributed by atoms with Crippen LogP contribution in [0, 0.1) is 6.92 Å². The van der Waals surface area contributed by atoms with Crippen LogP contribution in [0.1, 0.15) is 13.3 Å². The zero-order valence-electron chi connectivity index (χ0n) is 3.74. The van der Waals surface area contributed by atoms with Crippen LogP contribution in [-0.4, -0.2) is 5.71 Å². The van der Waals surface area contributed by atoms with Crippen molar-refractivity contribution in [2.24, 2.45) is 0 Å². The average Bonchev–Trinajstić information content (AvgIpc) is 1.38. The Kier molecular flexibility index (Phi) is 8.21. The first kappa shape index (κ1) is 9.50. The van der Waals surface area contributed by atoms with Gasteiger partial charge in [0.05, 0.1) is 0 Å². The van der Waals surface area contributed by atoms with Crippen molar-refractivity contribution in [2.75, 3.05) is 0 Å². The minimum Gasteiger partial charge on any atom is -0.814 e. The van der Waals surface area contributed by atoms with E-state index < -0.39 is 0 Å². The molecule has 0 aliphatic rings. The second kappa shape index (κ2) is 5.19. The van der Waals surface area contributed by atoms with E-state index in [0.29, 0.717) is 12.1 Å². The zero-order valence-corrected chi connectivity index (χ0v) is 4.92. The van der Waals surface area contributed by atoms with Crippen LogP contribution in [0.15, 0.2) is 0 Å². The first-order valence-corrected chi connectivity index (χ1v) is 1.58. The van der Waals surface area contributed by atoms with Gasteiger partial charge in [-0.1, -0.05) is 6.92 Å². The standard InChI is InChI=1S/C4H7N.Mn/c1-3-4(2)5;/h1,3H2,2H3;/q-2;+2. The maximum Gasteiger partial charge on any atom is 2.00 e. The van der Waals surface area contributed by atoms with Gasteiger partial charge in [0.1, 0.15) is 0 Å². The third-order valence-corrected chi connectivity index (χ3v) is 0.362. The molecule has 0 atom stereocenters. The fourth-order valence-corrected chi connectivity index (χ4v) is 0. The smallest absolute Gasteiger partial charge is 0.814 e. The van der Waals surface area contributed by atoms with Gasteiger partial charge in [0.25, 0.3) is 0 Å². The Hall–Kier alpha value is 0.189. The second-order valence-corrected chi connectivity index (χ2v) is 0.985. The van der Waals surface area contributed by atoms with E-state index in [1.807, 2.05) is 0 Å². The number of hydrogen-bond donors (Lipinski definition) is 0. The second-order valence-electron chi connectivity index (χ2n) is 0.985. The molecule has 0 saturated carbocycles. The molecule has 0 heterocycles. The Morgan fingerprint density at radius 1 is 1.83 bits per heavy atom. The quantitative estimate of drug-likeness (QED) is 0.285. The molecular weight excluding hydrogens is 117 g/mol. The number of nitrogens with zero attached hydrogens (tertiary/aromatic N) is 1. The molecule has 1 radical (unpaired) electrons. The Balaban J connectivity index is 0. The fourth-order valence-electron chi connectivity index (χ4n) is 0. The van der Waals surface area contributed by atoms with Crippen LogP contribution in [0.5, 0.6) is 0 Å². The molecule has 0 rings (SSSR count). The molecule has 1 nitrogen and oxygen atoms in total. The monoisotopic (exact) mass is 124 g/mol. The first-order chi connectivity index (χ1) is 2.27. The van der Waals surface area contributed by atoms with Crippen molar-refractivity contribution >= 4 is 5.71 Å². The van der Waals surface area contributed by atoms with Crippen LogP contribution < -0.4 is 0 Å². The van der Waals surface area contributed by atoms with Gasteiger partial charge in [0, 0.05) is 0 Å². The molecule has 0 N–H and O–H groups in total. The Bertz CT molecular complexity index is 42.8. The van der Waals surface area contributed by atoms with Gasteiger partial charge in [-0.3, -0.25) is 0 Å². The van der Waals surface area contributed by atoms with E-state index in [-0.39, 0.29) is 17.1 Å². The van der Waals surface area contributed by atoms with Gasteiger partial charge in [-0.05, 0) is 0 Å². The van der Waals surface area contributed by atoms with E-state index in [1.54, 1.807) is 6.92 Å². The van der Waals surface area contributed by atoms with E-state index in [9.17, 15) is 0 Å². The summed E-state index contributed by atoms with van der Waals surface area (Å²) >= 11 is 0. The summed E-state index contributed by atoms with van der Waals surface area (Å²) in [6, 6.07) is 0. The van der Waals surface area contributed by atoms with Gasteiger partial charge in [0.15, 0.2) is 0 Å². The molecule has 0 aliphatic heterocycles. The molecule has 6 heavy (non-hydrogen) atoms. The fraction of sp³-hybridized carbons (Fsp3) is 0.500. The predicted octanol–water partition coefficient (Wildman–Crippen LogP) is 1.24. The largest absolute Gasteiger partial charge is 2.00 e. The summed E-state index contributed by atoms with van der Waals surface area (Å²) in [6.07, 6.45) is 0.528. The molecule has 0 aromatic heterocycles. The summed E-state index contributed by atoms with van der Waals surface area (Å²) in [5, 5.41) is 8.22. The van der Waals surface area contributed by atoms with Crippen LogP contribution in [-0.2, 0) is 17.1 Å². The van der Waals surface area contributed by atoms with Crippen LogP contribution >= 0.6 is 0 Å². The SMILES string of the molecule is [CH2-]CC(C)=[N-].[Mn+2].